The van der Waals surface area contributed by atoms with Gasteiger partial charge < -0.3 is 10.2 Å². The first-order valence-corrected chi connectivity index (χ1v) is 8.99. The van der Waals surface area contributed by atoms with E-state index in [1.807, 2.05) is 0 Å². The van der Waals surface area contributed by atoms with Gasteiger partial charge in [-0.2, -0.15) is 0 Å². The third-order valence-electron chi connectivity index (χ3n) is 4.98. The van der Waals surface area contributed by atoms with Gasteiger partial charge in [0.2, 0.25) is 5.91 Å². The zero-order valence-corrected chi connectivity index (χ0v) is 13.7. The van der Waals surface area contributed by atoms with Crippen LogP contribution in [0.3, 0.4) is 0 Å². The highest BCUT2D eigenvalue weighted by molar-refractivity contribution is 5.87. The van der Waals surface area contributed by atoms with E-state index >= 15 is 0 Å². The highest BCUT2D eigenvalue weighted by atomic mass is 16.1. The number of hydrogen-bond acceptors (Lipinski definition) is 2. The average Bonchev–Trinajstić information content (AvgIpc) is 2.51. The van der Waals surface area contributed by atoms with Crippen molar-refractivity contribution in [3.05, 3.63) is 12.2 Å². The van der Waals surface area contributed by atoms with Gasteiger partial charge in [0.15, 0.2) is 0 Å². The first-order chi connectivity index (χ1) is 10.3. The monoisotopic (exact) mass is 292 g/mol. The molecular weight excluding hydrogens is 260 g/mol. The van der Waals surface area contributed by atoms with Crippen LogP contribution in [0.4, 0.5) is 0 Å². The SMILES string of the molecule is CCCCCCCCC=CC(=O)NC1CN2CCC1CC2. The van der Waals surface area contributed by atoms with Crippen LogP contribution in [-0.2, 0) is 4.79 Å². The predicted octanol–water partition coefficient (Wildman–Crippen LogP) is 3.50. The molecule has 1 unspecified atom stereocenters. The van der Waals surface area contributed by atoms with Gasteiger partial charge in [-0.25, -0.2) is 0 Å². The third-order valence-corrected chi connectivity index (χ3v) is 4.98. The van der Waals surface area contributed by atoms with Gasteiger partial charge in [0.05, 0.1) is 0 Å². The van der Waals surface area contributed by atoms with Crippen molar-refractivity contribution < 1.29 is 4.79 Å². The number of hydrogen-bond donors (Lipinski definition) is 1. The van der Waals surface area contributed by atoms with Gasteiger partial charge in [-0.1, -0.05) is 45.1 Å². The topological polar surface area (TPSA) is 32.3 Å². The molecule has 2 bridgehead atoms. The number of piperidine rings is 3. The van der Waals surface area contributed by atoms with Gasteiger partial charge in [-0.15, -0.1) is 0 Å². The van der Waals surface area contributed by atoms with Crippen LogP contribution >= 0.6 is 0 Å². The summed E-state index contributed by atoms with van der Waals surface area (Å²) >= 11 is 0. The van der Waals surface area contributed by atoms with Crippen molar-refractivity contribution in [2.75, 3.05) is 19.6 Å². The van der Waals surface area contributed by atoms with Gasteiger partial charge in [-0.05, 0) is 50.8 Å². The van der Waals surface area contributed by atoms with E-state index in [-0.39, 0.29) is 5.91 Å². The van der Waals surface area contributed by atoms with Crippen LogP contribution in [0.1, 0.15) is 64.7 Å². The summed E-state index contributed by atoms with van der Waals surface area (Å²) in [7, 11) is 0. The molecule has 0 spiro atoms. The maximum Gasteiger partial charge on any atom is 0.243 e. The number of amides is 1. The Labute approximate surface area is 130 Å². The smallest absolute Gasteiger partial charge is 0.243 e. The molecule has 0 aliphatic carbocycles. The molecule has 1 N–H and O–H groups in total. The van der Waals surface area contributed by atoms with E-state index < -0.39 is 0 Å². The van der Waals surface area contributed by atoms with Crippen molar-refractivity contribution in [3.63, 3.8) is 0 Å². The minimum absolute atomic E-state index is 0.111. The third kappa shape index (κ3) is 5.82. The van der Waals surface area contributed by atoms with Crippen molar-refractivity contribution in [2.45, 2.75) is 70.8 Å². The van der Waals surface area contributed by atoms with Crippen LogP contribution in [0.2, 0.25) is 0 Å². The van der Waals surface area contributed by atoms with Crippen LogP contribution < -0.4 is 5.32 Å². The summed E-state index contributed by atoms with van der Waals surface area (Å²) in [6.07, 6.45) is 15.2. The fraction of sp³-hybridized carbons (Fsp3) is 0.833. The molecule has 3 rings (SSSR count). The Bertz CT molecular complexity index is 332. The lowest BCUT2D eigenvalue weighted by atomic mass is 9.84. The van der Waals surface area contributed by atoms with Gasteiger partial charge in [0.1, 0.15) is 0 Å². The zero-order valence-electron chi connectivity index (χ0n) is 13.7. The lowest BCUT2D eigenvalue weighted by Gasteiger charge is -2.44. The fourth-order valence-electron chi connectivity index (χ4n) is 3.59. The molecule has 1 amide bonds. The Morgan fingerprint density at radius 2 is 1.86 bits per heavy atom. The number of fused-ring (bicyclic) bond motifs is 3. The number of carbonyl (C=O) groups excluding carboxylic acids is 1. The Kier molecular flexibility index (Phi) is 7.28. The summed E-state index contributed by atoms with van der Waals surface area (Å²) in [6.45, 7) is 5.76. The summed E-state index contributed by atoms with van der Waals surface area (Å²) in [5.41, 5.74) is 0. The number of unbranched alkanes of at least 4 members (excludes halogenated alkanes) is 6. The van der Waals surface area contributed by atoms with Crippen LogP contribution in [0, 0.1) is 5.92 Å². The lowest BCUT2D eigenvalue weighted by Crippen LogP contribution is -2.57. The Morgan fingerprint density at radius 1 is 1.14 bits per heavy atom. The molecule has 3 heterocycles. The molecule has 0 aromatic heterocycles. The summed E-state index contributed by atoms with van der Waals surface area (Å²) in [5, 5.41) is 3.20. The van der Waals surface area contributed by atoms with Crippen LogP contribution in [-0.4, -0.2) is 36.5 Å². The predicted molar refractivity (Wildman–Crippen MR) is 88.2 cm³/mol. The quantitative estimate of drug-likeness (QED) is 0.521. The molecule has 1 atom stereocenters. The van der Waals surface area contributed by atoms with Crippen molar-refractivity contribution in [1.82, 2.24) is 10.2 Å². The number of rotatable bonds is 9. The molecule has 3 aliphatic rings. The Balaban J connectivity index is 1.54. The highest BCUT2D eigenvalue weighted by Crippen LogP contribution is 2.27. The van der Waals surface area contributed by atoms with Gasteiger partial charge >= 0.3 is 0 Å². The van der Waals surface area contributed by atoms with E-state index in [1.165, 1.54) is 64.5 Å². The largest absolute Gasteiger partial charge is 0.348 e. The van der Waals surface area contributed by atoms with E-state index in [1.54, 1.807) is 6.08 Å². The van der Waals surface area contributed by atoms with E-state index in [2.05, 4.69) is 23.2 Å². The van der Waals surface area contributed by atoms with Gasteiger partial charge in [0.25, 0.3) is 0 Å². The highest BCUT2D eigenvalue weighted by Gasteiger charge is 2.34. The molecule has 0 aromatic rings. The number of nitrogens with zero attached hydrogens (tertiary/aromatic N) is 1. The van der Waals surface area contributed by atoms with Crippen molar-refractivity contribution in [1.29, 1.82) is 0 Å². The maximum absolute atomic E-state index is 11.9. The van der Waals surface area contributed by atoms with Crippen molar-refractivity contribution in [2.24, 2.45) is 5.92 Å². The second-order valence-electron chi connectivity index (χ2n) is 6.71. The number of carbonyl (C=O) groups is 1. The molecule has 3 aliphatic heterocycles. The zero-order chi connectivity index (χ0) is 14.9. The summed E-state index contributed by atoms with van der Waals surface area (Å²) in [5.74, 6) is 0.825. The minimum atomic E-state index is 0.111. The summed E-state index contributed by atoms with van der Waals surface area (Å²) in [6, 6.07) is 0.388. The molecular formula is C18H32N2O. The molecule has 120 valence electrons. The van der Waals surface area contributed by atoms with E-state index in [4.69, 9.17) is 0 Å². The molecule has 3 heteroatoms. The average molecular weight is 292 g/mol. The molecule has 0 radical (unpaired) electrons. The Morgan fingerprint density at radius 3 is 2.52 bits per heavy atom. The van der Waals surface area contributed by atoms with E-state index in [9.17, 15) is 4.79 Å². The van der Waals surface area contributed by atoms with E-state index in [0.29, 0.717) is 12.0 Å². The molecule has 3 nitrogen and oxygen atoms in total. The lowest BCUT2D eigenvalue weighted by molar-refractivity contribution is -0.118. The molecule has 0 saturated carbocycles. The fourth-order valence-corrected chi connectivity index (χ4v) is 3.59. The summed E-state index contributed by atoms with van der Waals surface area (Å²) in [4.78, 5) is 14.4. The first-order valence-electron chi connectivity index (χ1n) is 8.99. The molecule has 0 aromatic carbocycles. The minimum Gasteiger partial charge on any atom is -0.348 e. The van der Waals surface area contributed by atoms with Crippen molar-refractivity contribution >= 4 is 5.91 Å². The van der Waals surface area contributed by atoms with Gasteiger partial charge in [0, 0.05) is 12.6 Å². The normalized spacial score (nSPS) is 28.1. The number of nitrogens with one attached hydrogen (secondary N) is 1. The maximum atomic E-state index is 11.9. The second-order valence-corrected chi connectivity index (χ2v) is 6.71. The summed E-state index contributed by atoms with van der Waals surface area (Å²) < 4.78 is 0. The number of allylic oxidation sites excluding steroid dienone is 1. The molecule has 3 fully saturated rings. The molecule has 21 heavy (non-hydrogen) atoms. The van der Waals surface area contributed by atoms with Gasteiger partial charge in [-0.3, -0.25) is 4.79 Å². The van der Waals surface area contributed by atoms with Crippen LogP contribution in [0.15, 0.2) is 12.2 Å². The Hall–Kier alpha value is -0.830. The molecule has 3 saturated heterocycles. The van der Waals surface area contributed by atoms with E-state index in [0.717, 1.165) is 13.0 Å². The van der Waals surface area contributed by atoms with Crippen molar-refractivity contribution in [3.8, 4) is 0 Å². The second kappa shape index (κ2) is 9.24. The van der Waals surface area contributed by atoms with Crippen LogP contribution in [0.5, 0.6) is 0 Å². The first kappa shape index (κ1) is 16.5. The van der Waals surface area contributed by atoms with Crippen LogP contribution in [0.25, 0.3) is 0 Å². The standard InChI is InChI=1S/C18H32N2O/c1-2-3-4-5-6-7-8-9-10-18(21)19-17-15-20-13-11-16(17)12-14-20/h9-10,16-17H,2-8,11-15H2,1H3,(H,19,21).